The molecule has 168 valence electrons. The Morgan fingerprint density at radius 3 is 2.13 bits per heavy atom. The van der Waals surface area contributed by atoms with E-state index in [9.17, 15) is 22.8 Å². The van der Waals surface area contributed by atoms with Crippen LogP contribution < -0.4 is 5.32 Å². The SMILES string of the molecule is CCCN(CCC(=O)N1CCNCC1)C(=O)c1ccc(Cl)cc1.O=C(O)C(F)(F)F. The van der Waals surface area contributed by atoms with Crippen LogP contribution >= 0.6 is 11.6 Å². The van der Waals surface area contributed by atoms with Gasteiger partial charge in [-0.1, -0.05) is 18.5 Å². The molecule has 0 radical (unpaired) electrons. The highest BCUT2D eigenvalue weighted by Crippen LogP contribution is 2.13. The highest BCUT2D eigenvalue weighted by Gasteiger charge is 2.38. The molecule has 2 N–H and O–H groups in total. The summed E-state index contributed by atoms with van der Waals surface area (Å²) < 4.78 is 31.7. The third kappa shape index (κ3) is 9.00. The third-order valence-electron chi connectivity index (χ3n) is 4.18. The number of piperazine rings is 1. The van der Waals surface area contributed by atoms with E-state index in [2.05, 4.69) is 5.32 Å². The second-order valence-electron chi connectivity index (χ2n) is 6.48. The fourth-order valence-corrected chi connectivity index (χ4v) is 2.79. The fourth-order valence-electron chi connectivity index (χ4n) is 2.66. The van der Waals surface area contributed by atoms with Crippen LogP contribution in [0.3, 0.4) is 0 Å². The Kier molecular flexibility index (Phi) is 10.6. The zero-order valence-electron chi connectivity index (χ0n) is 16.5. The Balaban J connectivity index is 0.000000553. The van der Waals surface area contributed by atoms with E-state index in [0.717, 1.165) is 32.6 Å². The van der Waals surface area contributed by atoms with Crippen LogP contribution in [-0.4, -0.2) is 78.1 Å². The number of hydrogen-bond acceptors (Lipinski definition) is 4. The first-order valence-corrected chi connectivity index (χ1v) is 9.77. The van der Waals surface area contributed by atoms with Gasteiger partial charge in [0.25, 0.3) is 5.91 Å². The van der Waals surface area contributed by atoms with Crippen molar-refractivity contribution in [3.8, 4) is 0 Å². The van der Waals surface area contributed by atoms with Crippen LogP contribution in [0.4, 0.5) is 13.2 Å². The zero-order valence-corrected chi connectivity index (χ0v) is 17.3. The summed E-state index contributed by atoms with van der Waals surface area (Å²) in [5.74, 6) is -2.68. The van der Waals surface area contributed by atoms with Crippen LogP contribution in [0, 0.1) is 0 Å². The van der Waals surface area contributed by atoms with Crippen molar-refractivity contribution in [3.63, 3.8) is 0 Å². The second kappa shape index (κ2) is 12.4. The van der Waals surface area contributed by atoms with E-state index in [-0.39, 0.29) is 11.8 Å². The first-order valence-electron chi connectivity index (χ1n) is 9.39. The zero-order chi connectivity index (χ0) is 22.7. The maximum Gasteiger partial charge on any atom is 0.490 e. The number of alkyl halides is 3. The van der Waals surface area contributed by atoms with Gasteiger partial charge in [0.1, 0.15) is 0 Å². The van der Waals surface area contributed by atoms with Crippen LogP contribution in [0.25, 0.3) is 0 Å². The van der Waals surface area contributed by atoms with Gasteiger partial charge in [-0.25, -0.2) is 4.79 Å². The van der Waals surface area contributed by atoms with Crippen molar-refractivity contribution in [1.82, 2.24) is 15.1 Å². The Morgan fingerprint density at radius 2 is 1.67 bits per heavy atom. The molecule has 7 nitrogen and oxygen atoms in total. The molecular formula is C19H25ClF3N3O4. The molecule has 1 saturated heterocycles. The summed E-state index contributed by atoms with van der Waals surface area (Å²) in [6.45, 7) is 6.31. The predicted octanol–water partition coefficient (Wildman–Crippen LogP) is 2.65. The van der Waals surface area contributed by atoms with Gasteiger partial charge in [0.2, 0.25) is 5.91 Å². The van der Waals surface area contributed by atoms with E-state index in [1.165, 1.54) is 0 Å². The van der Waals surface area contributed by atoms with E-state index in [1.807, 2.05) is 11.8 Å². The van der Waals surface area contributed by atoms with Crippen molar-refractivity contribution in [2.24, 2.45) is 0 Å². The third-order valence-corrected chi connectivity index (χ3v) is 4.43. The van der Waals surface area contributed by atoms with Crippen LogP contribution in [-0.2, 0) is 9.59 Å². The van der Waals surface area contributed by atoms with Crippen LogP contribution in [0.1, 0.15) is 30.1 Å². The minimum absolute atomic E-state index is 0.0448. The van der Waals surface area contributed by atoms with E-state index >= 15 is 0 Å². The Morgan fingerprint density at radius 1 is 1.13 bits per heavy atom. The fraction of sp³-hybridized carbons (Fsp3) is 0.526. The standard InChI is InChI=1S/C17H24ClN3O2.C2HF3O2/c1-2-10-21(17(23)14-3-5-15(18)6-4-14)11-7-16(22)20-12-8-19-9-13-20;3-2(4,5)1(6)7/h3-6,19H,2,7-13H2,1H3;(H,6,7). The smallest absolute Gasteiger partial charge is 0.475 e. The number of halogens is 4. The molecule has 1 fully saturated rings. The van der Waals surface area contributed by atoms with Gasteiger partial charge in [-0.3, -0.25) is 9.59 Å². The van der Waals surface area contributed by atoms with E-state index in [0.29, 0.717) is 30.1 Å². The van der Waals surface area contributed by atoms with Crippen LogP contribution in [0.2, 0.25) is 5.02 Å². The van der Waals surface area contributed by atoms with Gasteiger partial charge in [0.15, 0.2) is 0 Å². The summed E-state index contributed by atoms with van der Waals surface area (Å²) in [5.41, 5.74) is 0.609. The highest BCUT2D eigenvalue weighted by atomic mass is 35.5. The van der Waals surface area contributed by atoms with Crippen molar-refractivity contribution < 1.29 is 32.7 Å². The molecule has 11 heteroatoms. The van der Waals surface area contributed by atoms with Crippen molar-refractivity contribution in [3.05, 3.63) is 34.9 Å². The summed E-state index contributed by atoms with van der Waals surface area (Å²) in [7, 11) is 0. The first kappa shape index (κ1) is 25.7. The molecular weight excluding hydrogens is 427 g/mol. The Labute approximate surface area is 177 Å². The van der Waals surface area contributed by atoms with Gasteiger partial charge in [0, 0.05) is 56.3 Å². The van der Waals surface area contributed by atoms with Gasteiger partial charge >= 0.3 is 12.1 Å². The minimum Gasteiger partial charge on any atom is -0.475 e. The normalized spacial score (nSPS) is 13.8. The Bertz CT molecular complexity index is 708. The lowest BCUT2D eigenvalue weighted by molar-refractivity contribution is -0.192. The molecule has 1 heterocycles. The summed E-state index contributed by atoms with van der Waals surface area (Å²) >= 11 is 5.87. The van der Waals surface area contributed by atoms with E-state index in [4.69, 9.17) is 21.5 Å². The Hall–Kier alpha value is -2.33. The van der Waals surface area contributed by atoms with Gasteiger partial charge < -0.3 is 20.2 Å². The van der Waals surface area contributed by atoms with Crippen LogP contribution in [0.15, 0.2) is 24.3 Å². The number of benzene rings is 1. The molecule has 0 unspecified atom stereocenters. The monoisotopic (exact) mass is 451 g/mol. The number of carboxylic acids is 1. The van der Waals surface area contributed by atoms with E-state index in [1.54, 1.807) is 29.2 Å². The summed E-state index contributed by atoms with van der Waals surface area (Å²) in [4.78, 5) is 37.4. The summed E-state index contributed by atoms with van der Waals surface area (Å²) in [5, 5.41) is 11.0. The molecule has 30 heavy (non-hydrogen) atoms. The molecule has 0 aliphatic carbocycles. The molecule has 2 rings (SSSR count). The highest BCUT2D eigenvalue weighted by molar-refractivity contribution is 6.30. The number of amides is 2. The average molecular weight is 452 g/mol. The number of hydrogen-bond donors (Lipinski definition) is 2. The van der Waals surface area contributed by atoms with Crippen molar-refractivity contribution in [1.29, 1.82) is 0 Å². The number of carbonyl (C=O) groups excluding carboxylic acids is 2. The van der Waals surface area contributed by atoms with Crippen molar-refractivity contribution in [2.75, 3.05) is 39.3 Å². The minimum atomic E-state index is -5.08. The molecule has 2 amide bonds. The number of carboxylic acid groups (broad SMARTS) is 1. The molecule has 0 aromatic heterocycles. The molecule has 1 aliphatic rings. The lowest BCUT2D eigenvalue weighted by Crippen LogP contribution is -2.47. The van der Waals surface area contributed by atoms with Gasteiger partial charge in [-0.15, -0.1) is 0 Å². The molecule has 1 aromatic carbocycles. The van der Waals surface area contributed by atoms with Gasteiger partial charge in [-0.05, 0) is 30.7 Å². The quantitative estimate of drug-likeness (QED) is 0.694. The number of nitrogens with one attached hydrogen (secondary N) is 1. The number of aliphatic carboxylic acids is 1. The van der Waals surface area contributed by atoms with Crippen LogP contribution in [0.5, 0.6) is 0 Å². The van der Waals surface area contributed by atoms with Crippen molar-refractivity contribution >= 4 is 29.4 Å². The lowest BCUT2D eigenvalue weighted by atomic mass is 10.2. The average Bonchev–Trinajstić information content (AvgIpc) is 2.71. The molecule has 1 aliphatic heterocycles. The summed E-state index contributed by atoms with van der Waals surface area (Å²) in [6, 6.07) is 6.88. The molecule has 0 spiro atoms. The number of nitrogens with zero attached hydrogens (tertiary/aromatic N) is 2. The summed E-state index contributed by atoms with van der Waals surface area (Å²) in [6.07, 6.45) is -3.85. The van der Waals surface area contributed by atoms with Gasteiger partial charge in [-0.2, -0.15) is 13.2 Å². The molecule has 0 atom stereocenters. The molecule has 0 saturated carbocycles. The molecule has 1 aromatic rings. The number of rotatable bonds is 6. The maximum absolute atomic E-state index is 12.6. The first-order chi connectivity index (χ1) is 14.1. The lowest BCUT2D eigenvalue weighted by Gasteiger charge is -2.29. The molecule has 0 bridgehead atoms. The number of carbonyl (C=O) groups is 3. The van der Waals surface area contributed by atoms with Gasteiger partial charge in [0.05, 0.1) is 0 Å². The topological polar surface area (TPSA) is 90.0 Å². The van der Waals surface area contributed by atoms with E-state index < -0.39 is 12.1 Å². The second-order valence-corrected chi connectivity index (χ2v) is 6.92. The van der Waals surface area contributed by atoms with Crippen molar-refractivity contribution in [2.45, 2.75) is 25.9 Å². The largest absolute Gasteiger partial charge is 0.490 e. The maximum atomic E-state index is 12.6. The predicted molar refractivity (Wildman–Crippen MR) is 105 cm³/mol.